The van der Waals surface area contributed by atoms with Crippen molar-refractivity contribution in [2.24, 2.45) is 22.9 Å². The topological polar surface area (TPSA) is 32.6 Å². The van der Waals surface area contributed by atoms with Gasteiger partial charge in [-0.05, 0) is 55.9 Å². The minimum absolute atomic E-state index is 0.533. The zero-order valence-corrected chi connectivity index (χ0v) is 11.2. The third-order valence-corrected chi connectivity index (χ3v) is 4.48. The van der Waals surface area contributed by atoms with E-state index in [2.05, 4.69) is 32.5 Å². The van der Waals surface area contributed by atoms with Crippen LogP contribution in [-0.2, 0) is 0 Å². The van der Waals surface area contributed by atoms with Crippen LogP contribution in [0.1, 0.15) is 46.5 Å². The van der Waals surface area contributed by atoms with Crippen molar-refractivity contribution >= 4 is 5.71 Å². The molecule has 0 unspecified atom stereocenters. The summed E-state index contributed by atoms with van der Waals surface area (Å²) in [5.74, 6) is 1.69. The summed E-state index contributed by atoms with van der Waals surface area (Å²) in [5.41, 5.74) is 5.11. The molecule has 0 aromatic carbocycles. The van der Waals surface area contributed by atoms with Crippen molar-refractivity contribution in [2.45, 2.75) is 46.5 Å². The van der Waals surface area contributed by atoms with Gasteiger partial charge in [0.15, 0.2) is 0 Å². The van der Waals surface area contributed by atoms with E-state index in [0.29, 0.717) is 17.8 Å². The van der Waals surface area contributed by atoms with Crippen LogP contribution in [0, 0.1) is 17.8 Å². The highest BCUT2D eigenvalue weighted by Gasteiger charge is 2.34. The van der Waals surface area contributed by atoms with Crippen molar-refractivity contribution in [3.05, 3.63) is 23.3 Å². The van der Waals surface area contributed by atoms with Crippen LogP contribution < -0.4 is 0 Å². The molecule has 2 heteroatoms. The highest BCUT2D eigenvalue weighted by Crippen LogP contribution is 2.43. The standard InChI is InChI=1S/C15H23NO/c1-9(2)12-6-5-10(3)15-13(8-12)11(4)7-14(15)16-17/h10-12,17H,1,5-8H2,2-4H3/t10-,11-,12+/m0/s1. The molecule has 3 atom stereocenters. The molecule has 94 valence electrons. The van der Waals surface area contributed by atoms with E-state index in [1.807, 2.05) is 0 Å². The van der Waals surface area contributed by atoms with Gasteiger partial charge in [0.1, 0.15) is 0 Å². The average Bonchev–Trinajstić information content (AvgIpc) is 2.48. The molecule has 2 nitrogen and oxygen atoms in total. The molecule has 2 rings (SSSR count). The van der Waals surface area contributed by atoms with Gasteiger partial charge in [-0.3, -0.25) is 0 Å². The fourth-order valence-electron chi connectivity index (χ4n) is 3.36. The molecule has 0 fully saturated rings. The zero-order chi connectivity index (χ0) is 12.6. The van der Waals surface area contributed by atoms with E-state index in [4.69, 9.17) is 5.21 Å². The second kappa shape index (κ2) is 4.67. The Bertz CT molecular complexity index is 392. The van der Waals surface area contributed by atoms with Crippen LogP contribution in [0.15, 0.2) is 28.5 Å². The predicted octanol–water partition coefficient (Wildman–Crippen LogP) is 4.17. The number of rotatable bonds is 1. The Hall–Kier alpha value is -1.05. The van der Waals surface area contributed by atoms with Crippen molar-refractivity contribution in [3.8, 4) is 0 Å². The molecular formula is C15H23NO. The Labute approximate surface area is 104 Å². The summed E-state index contributed by atoms with van der Waals surface area (Å²) in [6, 6.07) is 0. The van der Waals surface area contributed by atoms with Crippen LogP contribution in [0.25, 0.3) is 0 Å². The van der Waals surface area contributed by atoms with E-state index in [1.54, 1.807) is 0 Å². The molecule has 0 aromatic heterocycles. The second-order valence-electron chi connectivity index (χ2n) is 5.82. The summed E-state index contributed by atoms with van der Waals surface area (Å²) in [7, 11) is 0. The third kappa shape index (κ3) is 2.18. The lowest BCUT2D eigenvalue weighted by Gasteiger charge is -2.17. The third-order valence-electron chi connectivity index (χ3n) is 4.48. The SMILES string of the molecule is C=C(C)[C@@H]1CC[C@H](C)C2=C(C1)[C@@H](C)CC2=NO. The smallest absolute Gasteiger partial charge is 0.0835 e. The van der Waals surface area contributed by atoms with Crippen molar-refractivity contribution < 1.29 is 5.21 Å². The maximum atomic E-state index is 9.14. The van der Waals surface area contributed by atoms with E-state index < -0.39 is 0 Å². The first kappa shape index (κ1) is 12.4. The van der Waals surface area contributed by atoms with Gasteiger partial charge in [0.2, 0.25) is 0 Å². The molecule has 1 N–H and O–H groups in total. The van der Waals surface area contributed by atoms with Crippen LogP contribution >= 0.6 is 0 Å². The first-order valence-corrected chi connectivity index (χ1v) is 6.64. The normalized spacial score (nSPS) is 35.9. The molecule has 0 heterocycles. The molecule has 0 bridgehead atoms. The van der Waals surface area contributed by atoms with Crippen molar-refractivity contribution in [1.29, 1.82) is 0 Å². The van der Waals surface area contributed by atoms with Gasteiger partial charge in [-0.15, -0.1) is 0 Å². The number of nitrogens with zero attached hydrogens (tertiary/aromatic N) is 1. The van der Waals surface area contributed by atoms with Crippen LogP contribution in [0.2, 0.25) is 0 Å². The van der Waals surface area contributed by atoms with Crippen molar-refractivity contribution in [3.63, 3.8) is 0 Å². The second-order valence-corrected chi connectivity index (χ2v) is 5.82. The van der Waals surface area contributed by atoms with Gasteiger partial charge in [0.05, 0.1) is 5.71 Å². The van der Waals surface area contributed by atoms with Gasteiger partial charge in [0, 0.05) is 0 Å². The molecule has 2 aliphatic carbocycles. The van der Waals surface area contributed by atoms with Gasteiger partial charge in [0.25, 0.3) is 0 Å². The number of hydrogen-bond acceptors (Lipinski definition) is 2. The van der Waals surface area contributed by atoms with E-state index in [1.165, 1.54) is 29.6 Å². The average molecular weight is 233 g/mol. The number of hydrogen-bond donors (Lipinski definition) is 1. The fourth-order valence-corrected chi connectivity index (χ4v) is 3.36. The predicted molar refractivity (Wildman–Crippen MR) is 71.3 cm³/mol. The maximum Gasteiger partial charge on any atom is 0.0835 e. The van der Waals surface area contributed by atoms with E-state index in [9.17, 15) is 0 Å². The van der Waals surface area contributed by atoms with Gasteiger partial charge < -0.3 is 5.21 Å². The van der Waals surface area contributed by atoms with Crippen molar-refractivity contribution in [2.75, 3.05) is 0 Å². The Balaban J connectivity index is 2.37. The number of allylic oxidation sites excluding steroid dienone is 3. The monoisotopic (exact) mass is 233 g/mol. The molecule has 0 radical (unpaired) electrons. The van der Waals surface area contributed by atoms with Crippen LogP contribution in [0.3, 0.4) is 0 Å². The summed E-state index contributed by atoms with van der Waals surface area (Å²) >= 11 is 0. The Morgan fingerprint density at radius 3 is 2.53 bits per heavy atom. The van der Waals surface area contributed by atoms with Crippen LogP contribution in [0.5, 0.6) is 0 Å². The highest BCUT2D eigenvalue weighted by atomic mass is 16.4. The van der Waals surface area contributed by atoms with E-state index in [0.717, 1.165) is 18.6 Å². The quantitative estimate of drug-likeness (QED) is 0.411. The molecule has 0 aliphatic heterocycles. The van der Waals surface area contributed by atoms with Crippen molar-refractivity contribution in [1.82, 2.24) is 0 Å². The van der Waals surface area contributed by atoms with Gasteiger partial charge in [-0.1, -0.05) is 36.7 Å². The van der Waals surface area contributed by atoms with Crippen LogP contribution in [-0.4, -0.2) is 10.9 Å². The summed E-state index contributed by atoms with van der Waals surface area (Å²) in [6.07, 6.45) is 4.43. The molecule has 0 saturated heterocycles. The van der Waals surface area contributed by atoms with Crippen LogP contribution in [0.4, 0.5) is 0 Å². The fraction of sp³-hybridized carbons (Fsp3) is 0.667. The van der Waals surface area contributed by atoms with Gasteiger partial charge >= 0.3 is 0 Å². The molecule has 0 spiro atoms. The molecular weight excluding hydrogens is 210 g/mol. The summed E-state index contributed by atoms with van der Waals surface area (Å²) in [6.45, 7) is 10.8. The molecule has 2 aliphatic rings. The summed E-state index contributed by atoms with van der Waals surface area (Å²) < 4.78 is 0. The summed E-state index contributed by atoms with van der Waals surface area (Å²) in [4.78, 5) is 0. The largest absolute Gasteiger partial charge is 0.411 e. The highest BCUT2D eigenvalue weighted by molar-refractivity contribution is 6.03. The summed E-state index contributed by atoms with van der Waals surface area (Å²) in [5, 5.41) is 12.7. The first-order chi connectivity index (χ1) is 8.04. The number of oxime groups is 1. The maximum absolute atomic E-state index is 9.14. The Kier molecular flexibility index (Phi) is 3.41. The van der Waals surface area contributed by atoms with Gasteiger partial charge in [-0.2, -0.15) is 0 Å². The molecule has 17 heavy (non-hydrogen) atoms. The first-order valence-electron chi connectivity index (χ1n) is 6.64. The van der Waals surface area contributed by atoms with E-state index >= 15 is 0 Å². The lowest BCUT2D eigenvalue weighted by atomic mass is 9.87. The lowest BCUT2D eigenvalue weighted by molar-refractivity contribution is 0.317. The zero-order valence-electron chi connectivity index (χ0n) is 11.2. The Morgan fingerprint density at radius 2 is 1.94 bits per heavy atom. The Morgan fingerprint density at radius 1 is 1.24 bits per heavy atom. The minimum Gasteiger partial charge on any atom is -0.411 e. The van der Waals surface area contributed by atoms with Gasteiger partial charge in [-0.25, -0.2) is 0 Å². The van der Waals surface area contributed by atoms with E-state index in [-0.39, 0.29) is 0 Å². The molecule has 0 saturated carbocycles. The minimum atomic E-state index is 0.533. The molecule has 0 aromatic rings. The molecule has 0 amide bonds. The lowest BCUT2D eigenvalue weighted by Crippen LogP contribution is -2.08.